The molecule has 1 heterocycles. The maximum atomic E-state index is 12.0. The molecule has 0 saturated carbocycles. The Bertz CT molecular complexity index is 649. The van der Waals surface area contributed by atoms with Gasteiger partial charge in [-0.1, -0.05) is 31.6 Å². The second-order valence-electron chi connectivity index (χ2n) is 5.53. The molecule has 0 radical (unpaired) electrons. The molecule has 1 aliphatic heterocycles. The Morgan fingerprint density at radius 2 is 2.19 bits per heavy atom. The van der Waals surface area contributed by atoms with Crippen molar-refractivity contribution in [3.8, 4) is 0 Å². The van der Waals surface area contributed by atoms with E-state index in [1.165, 1.54) is 0 Å². The van der Waals surface area contributed by atoms with E-state index in [1.54, 1.807) is 0 Å². The summed E-state index contributed by atoms with van der Waals surface area (Å²) < 4.78 is 0. The first-order valence-corrected chi connectivity index (χ1v) is 7.58. The lowest BCUT2D eigenvalue weighted by Crippen LogP contribution is -2.35. The molecule has 0 saturated heterocycles. The van der Waals surface area contributed by atoms with E-state index in [0.717, 1.165) is 29.0 Å². The predicted molar refractivity (Wildman–Crippen MR) is 82.1 cm³/mol. The summed E-state index contributed by atoms with van der Waals surface area (Å²) in [6.07, 6.45) is 5.04. The van der Waals surface area contributed by atoms with Gasteiger partial charge >= 0.3 is 0 Å². The Morgan fingerprint density at radius 1 is 1.38 bits per heavy atom. The molecule has 4 heteroatoms. The third-order valence-corrected chi connectivity index (χ3v) is 3.65. The number of fused-ring (bicyclic) bond motifs is 1. The number of rotatable bonds is 6. The first kappa shape index (κ1) is 15.4. The third kappa shape index (κ3) is 4.25. The van der Waals surface area contributed by atoms with Crippen molar-refractivity contribution in [3.63, 3.8) is 0 Å². The fourth-order valence-electron chi connectivity index (χ4n) is 2.38. The van der Waals surface area contributed by atoms with Crippen LogP contribution in [0.5, 0.6) is 0 Å². The molecular formula is C17H22N2O2. The van der Waals surface area contributed by atoms with Crippen LogP contribution in [0.2, 0.25) is 0 Å². The molecule has 0 fully saturated rings. The highest BCUT2D eigenvalue weighted by atomic mass is 16.2. The van der Waals surface area contributed by atoms with Gasteiger partial charge in [0.2, 0.25) is 5.91 Å². The van der Waals surface area contributed by atoms with Crippen LogP contribution >= 0.6 is 0 Å². The molecule has 1 aromatic carbocycles. The van der Waals surface area contributed by atoms with Crippen LogP contribution in [0, 0.1) is 12.8 Å². The second-order valence-corrected chi connectivity index (χ2v) is 5.53. The number of amides is 2. The summed E-state index contributed by atoms with van der Waals surface area (Å²) in [6, 6.07) is 5.93. The van der Waals surface area contributed by atoms with Gasteiger partial charge in [0.25, 0.3) is 5.91 Å². The summed E-state index contributed by atoms with van der Waals surface area (Å²) in [5, 5.41) is 4.62. The number of benzene rings is 1. The molecule has 1 N–H and O–H groups in total. The van der Waals surface area contributed by atoms with E-state index in [2.05, 4.69) is 17.2 Å². The Labute approximate surface area is 125 Å². The quantitative estimate of drug-likeness (QED) is 0.855. The molecule has 2 rings (SSSR count). The van der Waals surface area contributed by atoms with Crippen molar-refractivity contribution in [2.75, 3.05) is 6.54 Å². The number of carbonyl (C=O) groups excluding carboxylic acids is 2. The summed E-state index contributed by atoms with van der Waals surface area (Å²) in [4.78, 5) is 27.7. The first-order chi connectivity index (χ1) is 10.1. The largest absolute Gasteiger partial charge is 0.356 e. The highest BCUT2D eigenvalue weighted by Crippen LogP contribution is 2.09. The summed E-state index contributed by atoms with van der Waals surface area (Å²) in [5.41, 5.74) is 1.10. The molecular weight excluding hydrogens is 264 g/mol. The van der Waals surface area contributed by atoms with Gasteiger partial charge in [0.05, 0.1) is 11.3 Å². The lowest BCUT2D eigenvalue weighted by Gasteiger charge is -2.13. The van der Waals surface area contributed by atoms with Crippen molar-refractivity contribution in [1.82, 2.24) is 5.32 Å². The van der Waals surface area contributed by atoms with Crippen LogP contribution in [-0.2, 0) is 9.59 Å². The van der Waals surface area contributed by atoms with Gasteiger partial charge in [0.15, 0.2) is 0 Å². The number of aryl methyl sites for hydroxylation is 1. The van der Waals surface area contributed by atoms with E-state index in [0.29, 0.717) is 19.4 Å². The predicted octanol–water partition coefficient (Wildman–Crippen LogP) is 1.25. The smallest absolute Gasteiger partial charge is 0.253 e. The minimum atomic E-state index is -0.230. The Kier molecular flexibility index (Phi) is 5.26. The van der Waals surface area contributed by atoms with Crippen LogP contribution in [0.15, 0.2) is 23.2 Å². The molecule has 1 aliphatic rings. The molecule has 1 unspecified atom stereocenters. The zero-order valence-corrected chi connectivity index (χ0v) is 12.7. The molecule has 0 aromatic heterocycles. The summed E-state index contributed by atoms with van der Waals surface area (Å²) in [7, 11) is 0. The van der Waals surface area contributed by atoms with Crippen molar-refractivity contribution >= 4 is 17.9 Å². The van der Waals surface area contributed by atoms with Crippen molar-refractivity contribution in [1.29, 1.82) is 0 Å². The van der Waals surface area contributed by atoms with Gasteiger partial charge in [0, 0.05) is 13.0 Å². The fraction of sp³-hybridized carbons (Fsp3) is 0.471. The Balaban J connectivity index is 1.95. The van der Waals surface area contributed by atoms with E-state index >= 15 is 0 Å². The first-order valence-electron chi connectivity index (χ1n) is 7.58. The van der Waals surface area contributed by atoms with Gasteiger partial charge in [0.1, 0.15) is 0 Å². The van der Waals surface area contributed by atoms with E-state index in [9.17, 15) is 9.59 Å². The van der Waals surface area contributed by atoms with Crippen LogP contribution in [0.3, 0.4) is 0 Å². The van der Waals surface area contributed by atoms with Gasteiger partial charge in [-0.3, -0.25) is 9.59 Å². The molecule has 0 aliphatic carbocycles. The fourth-order valence-corrected chi connectivity index (χ4v) is 2.38. The second kappa shape index (κ2) is 7.16. The van der Waals surface area contributed by atoms with Crippen LogP contribution in [0.25, 0.3) is 6.08 Å². The number of nitrogens with zero attached hydrogens (tertiary/aromatic N) is 1. The van der Waals surface area contributed by atoms with Crippen LogP contribution in [0.1, 0.15) is 38.2 Å². The number of unbranched alkanes of at least 4 members (excludes halogenated alkanes) is 1. The standard InChI is InChI=1S/C17H22N2O2/c1-3-4-5-16(20)18-9-8-14-11-13-7-6-12(2)10-15(13)19-17(14)21/h6-7,10-11,14H,3-5,8-9H2,1-2H3,(H,18,20). The highest BCUT2D eigenvalue weighted by molar-refractivity contribution is 5.86. The number of nitrogens with one attached hydrogen (secondary N) is 1. The monoisotopic (exact) mass is 286 g/mol. The van der Waals surface area contributed by atoms with Crippen molar-refractivity contribution in [2.24, 2.45) is 10.9 Å². The van der Waals surface area contributed by atoms with Gasteiger partial charge in [-0.2, -0.15) is 0 Å². The third-order valence-electron chi connectivity index (χ3n) is 3.65. The zero-order chi connectivity index (χ0) is 15.2. The molecule has 2 amide bonds. The topological polar surface area (TPSA) is 58.5 Å². The molecule has 21 heavy (non-hydrogen) atoms. The van der Waals surface area contributed by atoms with Gasteiger partial charge in [-0.15, -0.1) is 0 Å². The van der Waals surface area contributed by atoms with Gasteiger partial charge < -0.3 is 5.32 Å². The van der Waals surface area contributed by atoms with Crippen LogP contribution < -0.4 is 15.9 Å². The average molecular weight is 286 g/mol. The Hall–Kier alpha value is -1.97. The van der Waals surface area contributed by atoms with Gasteiger partial charge in [-0.25, -0.2) is 4.99 Å². The maximum absolute atomic E-state index is 12.0. The molecule has 4 nitrogen and oxygen atoms in total. The summed E-state index contributed by atoms with van der Waals surface area (Å²) in [5.74, 6) is -0.282. The Morgan fingerprint density at radius 3 is 2.95 bits per heavy atom. The molecule has 1 atom stereocenters. The number of hydrogen-bond donors (Lipinski definition) is 1. The lowest BCUT2D eigenvalue weighted by molar-refractivity contribution is -0.122. The molecule has 112 valence electrons. The van der Waals surface area contributed by atoms with Crippen molar-refractivity contribution < 1.29 is 9.59 Å². The van der Waals surface area contributed by atoms with E-state index in [-0.39, 0.29) is 17.7 Å². The molecule has 1 aromatic rings. The SMILES string of the molecule is CCCCC(=O)NCCC1C=c2ccc(C)cc2=NC1=O. The number of hydrogen-bond acceptors (Lipinski definition) is 2. The average Bonchev–Trinajstić information content (AvgIpc) is 2.45. The van der Waals surface area contributed by atoms with Crippen molar-refractivity contribution in [3.05, 3.63) is 34.3 Å². The zero-order valence-electron chi connectivity index (χ0n) is 12.7. The van der Waals surface area contributed by atoms with Crippen molar-refractivity contribution in [2.45, 2.75) is 39.5 Å². The van der Waals surface area contributed by atoms with E-state index in [1.807, 2.05) is 31.2 Å². The van der Waals surface area contributed by atoms with E-state index in [4.69, 9.17) is 0 Å². The maximum Gasteiger partial charge on any atom is 0.253 e. The molecule has 0 spiro atoms. The number of carbonyl (C=O) groups is 2. The minimum Gasteiger partial charge on any atom is -0.356 e. The van der Waals surface area contributed by atoms with Crippen LogP contribution in [-0.4, -0.2) is 18.4 Å². The summed E-state index contributed by atoms with van der Waals surface area (Å²) >= 11 is 0. The minimum absolute atomic E-state index is 0.0630. The highest BCUT2D eigenvalue weighted by Gasteiger charge is 2.18. The van der Waals surface area contributed by atoms with Gasteiger partial charge in [-0.05, 0) is 36.6 Å². The lowest BCUT2D eigenvalue weighted by atomic mass is 10.00. The normalized spacial score (nSPS) is 16.7. The molecule has 0 bridgehead atoms. The summed E-state index contributed by atoms with van der Waals surface area (Å²) in [6.45, 7) is 4.56. The van der Waals surface area contributed by atoms with E-state index < -0.39 is 0 Å². The van der Waals surface area contributed by atoms with Crippen LogP contribution in [0.4, 0.5) is 0 Å².